The van der Waals surface area contributed by atoms with Crippen LogP contribution in [0.4, 0.5) is 4.39 Å². The van der Waals surface area contributed by atoms with E-state index in [0.717, 1.165) is 12.1 Å². The molecule has 0 aliphatic heterocycles. The maximum atomic E-state index is 12.8. The first-order chi connectivity index (χ1) is 8.58. The first-order valence-corrected chi connectivity index (χ1v) is 5.27. The molecule has 0 aliphatic carbocycles. The van der Waals surface area contributed by atoms with Crippen molar-refractivity contribution in [3.05, 3.63) is 53.1 Å². The Morgan fingerprint density at radius 3 is 2.78 bits per heavy atom. The molecule has 0 fully saturated rings. The molecule has 1 N–H and O–H groups in total. The summed E-state index contributed by atoms with van der Waals surface area (Å²) in [6.07, 6.45) is 1.34. The predicted molar refractivity (Wildman–Crippen MR) is 62.7 cm³/mol. The molecule has 0 atom stereocenters. The normalized spacial score (nSPS) is 10.1. The number of carboxylic acid groups (broad SMARTS) is 1. The quantitative estimate of drug-likeness (QED) is 0.926. The number of aromatic carboxylic acids is 1. The van der Waals surface area contributed by atoms with E-state index in [9.17, 15) is 9.18 Å². The van der Waals surface area contributed by atoms with Gasteiger partial charge in [0.1, 0.15) is 11.6 Å². The Hall–Kier alpha value is -2.14. The molecular formula is C12H7ClFNO3. The van der Waals surface area contributed by atoms with Crippen LogP contribution in [0.3, 0.4) is 0 Å². The van der Waals surface area contributed by atoms with Gasteiger partial charge in [0.05, 0.1) is 5.02 Å². The van der Waals surface area contributed by atoms with E-state index < -0.39 is 11.8 Å². The average molecular weight is 268 g/mol. The van der Waals surface area contributed by atoms with E-state index in [1.54, 1.807) is 0 Å². The van der Waals surface area contributed by atoms with Crippen molar-refractivity contribution >= 4 is 17.6 Å². The Bertz CT molecular complexity index is 604. The van der Waals surface area contributed by atoms with Crippen LogP contribution >= 0.6 is 11.6 Å². The number of ether oxygens (including phenoxy) is 1. The van der Waals surface area contributed by atoms with Gasteiger partial charge in [0.25, 0.3) is 0 Å². The summed E-state index contributed by atoms with van der Waals surface area (Å²) in [7, 11) is 0. The Balaban J connectivity index is 2.37. The van der Waals surface area contributed by atoms with Crippen LogP contribution in [0.25, 0.3) is 0 Å². The topological polar surface area (TPSA) is 59.4 Å². The molecule has 1 aromatic heterocycles. The van der Waals surface area contributed by atoms with E-state index in [4.69, 9.17) is 21.4 Å². The number of benzene rings is 1. The highest BCUT2D eigenvalue weighted by Crippen LogP contribution is 2.30. The molecule has 0 bridgehead atoms. The molecule has 0 spiro atoms. The lowest BCUT2D eigenvalue weighted by atomic mass is 10.3. The third-order valence-electron chi connectivity index (χ3n) is 2.09. The molecule has 18 heavy (non-hydrogen) atoms. The highest BCUT2D eigenvalue weighted by molar-refractivity contribution is 6.32. The van der Waals surface area contributed by atoms with Gasteiger partial charge in [-0.25, -0.2) is 14.2 Å². The number of nitrogens with zero attached hydrogens (tertiary/aromatic N) is 1. The van der Waals surface area contributed by atoms with Gasteiger partial charge in [-0.2, -0.15) is 0 Å². The largest absolute Gasteiger partial charge is 0.476 e. The highest BCUT2D eigenvalue weighted by Gasteiger charge is 2.14. The Morgan fingerprint density at radius 2 is 2.11 bits per heavy atom. The lowest BCUT2D eigenvalue weighted by molar-refractivity contribution is 0.0687. The fourth-order valence-corrected chi connectivity index (χ4v) is 1.52. The number of halogens is 2. The summed E-state index contributed by atoms with van der Waals surface area (Å²) in [5.41, 5.74) is -0.238. The molecule has 0 saturated heterocycles. The van der Waals surface area contributed by atoms with E-state index in [1.807, 2.05) is 0 Å². The van der Waals surface area contributed by atoms with Crippen LogP contribution < -0.4 is 4.74 Å². The average Bonchev–Trinajstić information content (AvgIpc) is 2.33. The summed E-state index contributed by atoms with van der Waals surface area (Å²) in [6.45, 7) is 0. The molecular weight excluding hydrogens is 261 g/mol. The molecule has 2 aromatic rings. The van der Waals surface area contributed by atoms with Gasteiger partial charge in [-0.1, -0.05) is 11.6 Å². The number of rotatable bonds is 3. The summed E-state index contributed by atoms with van der Waals surface area (Å²) in [4.78, 5) is 14.6. The van der Waals surface area contributed by atoms with Crippen molar-refractivity contribution in [2.75, 3.05) is 0 Å². The van der Waals surface area contributed by atoms with E-state index >= 15 is 0 Å². The van der Waals surface area contributed by atoms with Crippen molar-refractivity contribution < 1.29 is 19.0 Å². The number of aromatic nitrogens is 1. The van der Waals surface area contributed by atoms with Gasteiger partial charge in [-0.05, 0) is 30.3 Å². The van der Waals surface area contributed by atoms with Crippen molar-refractivity contribution in [3.63, 3.8) is 0 Å². The minimum absolute atomic E-state index is 0.0403. The second-order valence-electron chi connectivity index (χ2n) is 3.33. The van der Waals surface area contributed by atoms with Crippen LogP contribution in [0, 0.1) is 5.82 Å². The Kier molecular flexibility index (Phi) is 3.43. The third-order valence-corrected chi connectivity index (χ3v) is 2.38. The number of carboxylic acids is 1. The van der Waals surface area contributed by atoms with Crippen molar-refractivity contribution in [2.24, 2.45) is 0 Å². The second-order valence-corrected chi connectivity index (χ2v) is 3.74. The molecule has 2 rings (SSSR count). The van der Waals surface area contributed by atoms with Gasteiger partial charge < -0.3 is 9.84 Å². The highest BCUT2D eigenvalue weighted by atomic mass is 35.5. The van der Waals surface area contributed by atoms with Crippen molar-refractivity contribution in [1.82, 2.24) is 4.98 Å². The monoisotopic (exact) mass is 267 g/mol. The fourth-order valence-electron chi connectivity index (χ4n) is 1.31. The molecule has 1 heterocycles. The molecule has 1 aromatic carbocycles. The van der Waals surface area contributed by atoms with Gasteiger partial charge >= 0.3 is 5.97 Å². The minimum atomic E-state index is -1.22. The third kappa shape index (κ3) is 2.57. The van der Waals surface area contributed by atoms with Crippen LogP contribution in [-0.2, 0) is 0 Å². The van der Waals surface area contributed by atoms with E-state index in [0.29, 0.717) is 0 Å². The number of carbonyl (C=O) groups is 1. The lowest BCUT2D eigenvalue weighted by Crippen LogP contribution is -2.02. The van der Waals surface area contributed by atoms with Crippen LogP contribution in [-0.4, -0.2) is 16.1 Å². The van der Waals surface area contributed by atoms with E-state index in [-0.39, 0.29) is 22.2 Å². The van der Waals surface area contributed by atoms with Crippen molar-refractivity contribution in [1.29, 1.82) is 0 Å². The van der Waals surface area contributed by atoms with Gasteiger partial charge in [0.15, 0.2) is 11.4 Å². The molecule has 92 valence electrons. The molecule has 0 saturated carbocycles. The zero-order valence-corrected chi connectivity index (χ0v) is 9.69. The Labute approximate surface area is 107 Å². The fraction of sp³-hybridized carbons (Fsp3) is 0. The van der Waals surface area contributed by atoms with E-state index in [2.05, 4.69) is 4.98 Å². The molecule has 4 nitrogen and oxygen atoms in total. The summed E-state index contributed by atoms with van der Waals surface area (Å²) < 4.78 is 18.2. The SMILES string of the molecule is O=C(O)c1ncccc1Oc1ccc(F)cc1Cl. The molecule has 0 unspecified atom stereocenters. The summed E-state index contributed by atoms with van der Waals surface area (Å²) in [5.74, 6) is -1.52. The standard InChI is InChI=1S/C12H7ClFNO3/c13-8-6-7(14)3-4-9(8)18-10-2-1-5-15-11(10)12(16)17/h1-6H,(H,16,17). The predicted octanol–water partition coefficient (Wildman–Crippen LogP) is 3.36. The molecule has 6 heteroatoms. The minimum Gasteiger partial charge on any atom is -0.476 e. The number of hydrogen-bond acceptors (Lipinski definition) is 3. The summed E-state index contributed by atoms with van der Waals surface area (Å²) in [6, 6.07) is 6.53. The first kappa shape index (κ1) is 12.3. The lowest BCUT2D eigenvalue weighted by Gasteiger charge is -2.09. The van der Waals surface area contributed by atoms with Gasteiger partial charge in [0.2, 0.25) is 0 Å². The second kappa shape index (κ2) is 5.01. The van der Waals surface area contributed by atoms with E-state index in [1.165, 1.54) is 24.4 Å². The number of hydrogen-bond donors (Lipinski definition) is 1. The van der Waals surface area contributed by atoms with Crippen LogP contribution in [0.1, 0.15) is 10.5 Å². The van der Waals surface area contributed by atoms with Gasteiger partial charge in [0, 0.05) is 6.20 Å². The molecule has 0 radical (unpaired) electrons. The molecule has 0 aliphatic rings. The maximum absolute atomic E-state index is 12.8. The zero-order valence-electron chi connectivity index (χ0n) is 8.93. The van der Waals surface area contributed by atoms with Crippen LogP contribution in [0.2, 0.25) is 5.02 Å². The van der Waals surface area contributed by atoms with Gasteiger partial charge in [-0.15, -0.1) is 0 Å². The molecule has 0 amide bonds. The van der Waals surface area contributed by atoms with Crippen LogP contribution in [0.5, 0.6) is 11.5 Å². The summed E-state index contributed by atoms with van der Waals surface area (Å²) in [5, 5.41) is 8.97. The number of pyridine rings is 1. The van der Waals surface area contributed by atoms with Crippen molar-refractivity contribution in [2.45, 2.75) is 0 Å². The summed E-state index contributed by atoms with van der Waals surface area (Å²) >= 11 is 5.78. The first-order valence-electron chi connectivity index (χ1n) is 4.89. The maximum Gasteiger partial charge on any atom is 0.358 e. The van der Waals surface area contributed by atoms with Crippen LogP contribution in [0.15, 0.2) is 36.5 Å². The zero-order chi connectivity index (χ0) is 13.1. The smallest absolute Gasteiger partial charge is 0.358 e. The van der Waals surface area contributed by atoms with Crippen molar-refractivity contribution in [3.8, 4) is 11.5 Å². The van der Waals surface area contributed by atoms with Gasteiger partial charge in [-0.3, -0.25) is 0 Å². The Morgan fingerprint density at radius 1 is 1.33 bits per heavy atom.